The minimum absolute atomic E-state index is 0.00480. The summed E-state index contributed by atoms with van der Waals surface area (Å²) < 4.78 is 126. The lowest BCUT2D eigenvalue weighted by Gasteiger charge is -2.27. The molecule has 0 bridgehead atoms. The second kappa shape index (κ2) is 66.6. The number of hydrogen-bond acceptors (Lipinski definition) is 37. The van der Waals surface area contributed by atoms with Crippen molar-refractivity contribution in [3.63, 3.8) is 0 Å². The Kier molecular flexibility index (Phi) is 56.8. The molecule has 0 fully saturated rings. The Morgan fingerprint density at radius 1 is 0.282 bits per heavy atom. The minimum atomic E-state index is -1.37. The van der Waals surface area contributed by atoms with Crippen molar-refractivity contribution in [3.05, 3.63) is 107 Å². The molecular formula is C99H147N5O38. The average molecular weight is 2020 g/mol. The monoisotopic (exact) mass is 2010 g/mol. The molecule has 0 spiro atoms. The van der Waals surface area contributed by atoms with Crippen LogP contribution < -0.4 is 48.5 Å². The van der Waals surface area contributed by atoms with Gasteiger partial charge in [0.1, 0.15) is 57.7 Å². The van der Waals surface area contributed by atoms with Gasteiger partial charge in [-0.3, -0.25) is 57.9 Å². The molecule has 43 heteroatoms. The lowest BCUT2D eigenvalue weighted by molar-refractivity contribution is -0.148. The number of aliphatic carboxylic acids is 4. The summed E-state index contributed by atoms with van der Waals surface area (Å²) in [5.74, 6) is -10.8. The number of nitrogens with one attached hydrogen (secondary N) is 2. The molecule has 142 heavy (non-hydrogen) atoms. The number of aromatic hydroxyl groups is 4. The van der Waals surface area contributed by atoms with Gasteiger partial charge >= 0.3 is 41.8 Å². The smallest absolute Gasteiger partial charge is 0.320 e. The topological polar surface area (TPSA) is 543 Å². The molecule has 43 nitrogen and oxygen atoms in total. The molecular weight excluding hydrogens is 1870 g/mol. The van der Waals surface area contributed by atoms with E-state index in [0.29, 0.717) is 75.1 Å². The third-order valence-electron chi connectivity index (χ3n) is 19.1. The van der Waals surface area contributed by atoms with E-state index in [4.69, 9.17) is 99.5 Å². The van der Waals surface area contributed by atoms with Gasteiger partial charge in [-0.1, -0.05) is 12.1 Å². The van der Waals surface area contributed by atoms with E-state index in [9.17, 15) is 84.0 Å². The third kappa shape index (κ3) is 58.3. The molecule has 0 aliphatic heterocycles. The fourth-order valence-corrected chi connectivity index (χ4v) is 12.5. The molecule has 0 radical (unpaired) electrons. The first-order valence-electron chi connectivity index (χ1n) is 47.0. The zero-order valence-corrected chi connectivity index (χ0v) is 83.8. The van der Waals surface area contributed by atoms with Crippen molar-refractivity contribution < 1.29 is 183 Å². The Bertz CT molecular complexity index is 4250. The van der Waals surface area contributed by atoms with Crippen LogP contribution in [0.1, 0.15) is 137 Å². The first kappa shape index (κ1) is 121. The Hall–Kier alpha value is -11.3. The van der Waals surface area contributed by atoms with Crippen LogP contribution in [0.2, 0.25) is 0 Å². The van der Waals surface area contributed by atoms with Crippen molar-refractivity contribution >= 4 is 53.6 Å². The van der Waals surface area contributed by atoms with Crippen LogP contribution >= 0.6 is 0 Å². The Morgan fingerprint density at radius 3 is 0.852 bits per heavy atom. The van der Waals surface area contributed by atoms with Crippen LogP contribution in [-0.2, 0) is 137 Å². The molecule has 0 saturated carbocycles. The van der Waals surface area contributed by atoms with Crippen LogP contribution in [0.5, 0.6) is 69.0 Å². The highest BCUT2D eigenvalue weighted by atomic mass is 16.6. The summed E-state index contributed by atoms with van der Waals surface area (Å²) in [5, 5.41) is 84.0. The van der Waals surface area contributed by atoms with Crippen LogP contribution in [0.3, 0.4) is 0 Å². The number of nitrogens with zero attached hydrogens (tertiary/aromatic N) is 3. The van der Waals surface area contributed by atoms with Gasteiger partial charge in [-0.15, -0.1) is 0 Å². The molecule has 0 saturated heterocycles. The largest absolute Gasteiger partial charge is 0.504 e. The fraction of sp³-hybridized carbons (Fsp3) is 0.606. The van der Waals surface area contributed by atoms with Crippen molar-refractivity contribution in [1.29, 1.82) is 0 Å². The first-order valence-corrected chi connectivity index (χ1v) is 47.0. The normalized spacial score (nSPS) is 11.8. The van der Waals surface area contributed by atoms with Crippen LogP contribution in [0.25, 0.3) is 0 Å². The molecule has 2 amide bonds. The molecule has 0 aliphatic rings. The first-order chi connectivity index (χ1) is 67.4. The van der Waals surface area contributed by atoms with E-state index in [1.165, 1.54) is 76.5 Å². The fourth-order valence-electron chi connectivity index (χ4n) is 12.5. The maximum Gasteiger partial charge on any atom is 0.320 e. The van der Waals surface area contributed by atoms with Gasteiger partial charge in [0.25, 0.3) is 0 Å². The summed E-state index contributed by atoms with van der Waals surface area (Å²) in [6, 6.07) is 19.1. The lowest BCUT2D eigenvalue weighted by Crippen LogP contribution is -2.45. The predicted octanol–water partition coefficient (Wildman–Crippen LogP) is 7.95. The van der Waals surface area contributed by atoms with Gasteiger partial charge in [0.15, 0.2) is 46.0 Å². The molecule has 5 aromatic rings. The maximum atomic E-state index is 14.1. The van der Waals surface area contributed by atoms with E-state index in [2.05, 4.69) is 10.6 Å². The summed E-state index contributed by atoms with van der Waals surface area (Å²) in [7, 11) is 0. The highest BCUT2D eigenvalue weighted by Gasteiger charge is 2.27. The summed E-state index contributed by atoms with van der Waals surface area (Å²) in [6.07, 6.45) is -0.928. The highest BCUT2D eigenvalue weighted by Crippen LogP contribution is 2.42. The molecule has 0 unspecified atom stereocenters. The Labute approximate surface area is 828 Å². The van der Waals surface area contributed by atoms with Gasteiger partial charge in [-0.25, -0.2) is 0 Å². The molecule has 10 N–H and O–H groups in total. The number of hydrogen-bond donors (Lipinski definition) is 10. The van der Waals surface area contributed by atoms with Crippen molar-refractivity contribution in [2.24, 2.45) is 0 Å². The predicted molar refractivity (Wildman–Crippen MR) is 512 cm³/mol. The van der Waals surface area contributed by atoms with E-state index in [0.717, 1.165) is 4.90 Å². The third-order valence-corrected chi connectivity index (χ3v) is 19.1. The van der Waals surface area contributed by atoms with E-state index < -0.39 is 106 Å². The second-order valence-corrected chi connectivity index (χ2v) is 36.1. The molecule has 0 aliphatic carbocycles. The Balaban J connectivity index is 1.60. The maximum absolute atomic E-state index is 14.1. The Morgan fingerprint density at radius 2 is 0.556 bits per heavy atom. The number of amides is 2. The second-order valence-electron chi connectivity index (χ2n) is 36.1. The summed E-state index contributed by atoms with van der Waals surface area (Å²) in [6.45, 7) is 21.5. The van der Waals surface area contributed by atoms with Gasteiger partial charge in [-0.2, -0.15) is 0 Å². The number of benzene rings is 5. The van der Waals surface area contributed by atoms with Crippen molar-refractivity contribution in [2.45, 2.75) is 164 Å². The zero-order valence-electron chi connectivity index (χ0n) is 83.8. The summed E-state index contributed by atoms with van der Waals surface area (Å²) in [5.41, 5.74) is 0.630. The summed E-state index contributed by atoms with van der Waals surface area (Å²) in [4.78, 5) is 120. The van der Waals surface area contributed by atoms with Crippen molar-refractivity contribution in [3.8, 4) is 69.0 Å². The van der Waals surface area contributed by atoms with Crippen LogP contribution in [0.15, 0.2) is 78.9 Å². The lowest BCUT2D eigenvalue weighted by atomic mass is 10.1. The molecule has 5 aromatic carbocycles. The van der Waals surface area contributed by atoms with E-state index >= 15 is 0 Å². The van der Waals surface area contributed by atoms with E-state index in [1.54, 1.807) is 12.1 Å². The molecule has 0 aromatic heterocycles. The number of phenols is 4. The number of carboxylic acid groups (broad SMARTS) is 4. The van der Waals surface area contributed by atoms with Crippen LogP contribution in [-0.4, -0.2) is 362 Å². The van der Waals surface area contributed by atoms with Crippen molar-refractivity contribution in [1.82, 2.24) is 25.3 Å². The van der Waals surface area contributed by atoms with Gasteiger partial charge < -0.3 is 151 Å². The highest BCUT2D eigenvalue weighted by molar-refractivity contribution is 5.84. The van der Waals surface area contributed by atoms with E-state index in [1.807, 2.05) is 83.1 Å². The van der Waals surface area contributed by atoms with E-state index in [-0.39, 0.29) is 281 Å². The molecule has 0 heterocycles. The zero-order chi connectivity index (χ0) is 104. The minimum Gasteiger partial charge on any atom is -0.504 e. The number of carbonyl (C=O) groups is 9. The van der Waals surface area contributed by atoms with Crippen LogP contribution in [0.4, 0.5) is 0 Å². The van der Waals surface area contributed by atoms with Gasteiger partial charge in [0.2, 0.25) is 23.3 Å². The standard InChI is InChI=1S/C99H147N5O38/c1-96(2,3)137-49-41-126-33-29-122-37-45-130-81-57-73(58-82(131-46-38-123-30-34-127-42-50-138-97(4,5)6)94(81)141-91(119)19-17-85(109)100-23-21-70-13-15-77(105)79(107)55-70)67-134-75-53-72(69-136-93(121)66-104(65-90(117)118)28-26-102(62-87(111)112)25-27-103(63-88(113)114)64-89(115)116)54-76(61-75)135-68-74-59-83(132-47-39-124-31-35-128-43-51-139-98(7,8)9)95(84(60-74)133-48-40-125-32-36-129-44-52-140-99(10,11)12)142-92(120)20-18-86(110)101-24-22-71-14-16-78(106)80(108)56-71/h13-16,53-61,105-108H,17-52,62-69H2,1-12H3,(H,100,109)(H,101,110)(H,111,112)(H,113,114)(H,115,116)(H,117,118). The average Bonchev–Trinajstić information content (AvgIpc) is 0.816. The number of carbonyl (C=O) groups excluding carboxylic acids is 5. The van der Waals surface area contributed by atoms with Gasteiger partial charge in [0, 0.05) is 58.2 Å². The van der Waals surface area contributed by atoms with Gasteiger partial charge in [0.05, 0.1) is 200 Å². The quantitative estimate of drug-likeness (QED) is 0.00763. The molecule has 5 rings (SSSR count). The number of carboxylic acids is 4. The number of ether oxygens (including phenoxy) is 21. The number of phenolic OH excluding ortho intramolecular Hbond substituents is 4. The number of rotatable bonds is 78. The summed E-state index contributed by atoms with van der Waals surface area (Å²) >= 11 is 0. The SMILES string of the molecule is CC(C)(C)OCCOCCOCCOc1cc(COc2cc(COC(=O)CN(CCN(CCN(CC(=O)O)CC(=O)O)CC(=O)O)CC(=O)O)cc(OCc3cc(OCCOCCOCCOC(C)(C)C)c(OC(=O)CCC(=O)NCCc4ccc(O)c(O)c4)c(OCCOCCOCCOC(C)(C)C)c3)c2)cc(OCCOCCOCCOC(C)(C)C)c1OC(=O)CCC(=O)NCCc1ccc(O)c(O)c1. The van der Waals surface area contributed by atoms with Gasteiger partial charge in [-0.05, 0) is 184 Å². The molecule has 796 valence electrons. The van der Waals surface area contributed by atoms with Crippen LogP contribution in [0, 0.1) is 0 Å². The molecule has 0 atom stereocenters. The van der Waals surface area contributed by atoms with Crippen molar-refractivity contribution in [2.75, 3.05) is 231 Å². The number of esters is 3.